The van der Waals surface area contributed by atoms with E-state index >= 15 is 0 Å². The van der Waals surface area contributed by atoms with Crippen LogP contribution >= 0.6 is 12.2 Å². The van der Waals surface area contributed by atoms with E-state index in [2.05, 4.69) is 15.3 Å². The van der Waals surface area contributed by atoms with E-state index in [1.165, 1.54) is 24.4 Å². The van der Waals surface area contributed by atoms with Crippen LogP contribution in [0.2, 0.25) is 0 Å². The van der Waals surface area contributed by atoms with Crippen molar-refractivity contribution in [2.75, 3.05) is 0 Å². The predicted octanol–water partition coefficient (Wildman–Crippen LogP) is 1.09. The normalized spacial score (nSPS) is 10.7. The number of hydrogen-bond donors (Lipinski definition) is 1. The first kappa shape index (κ1) is 12.8. The number of hydrogen-bond acceptors (Lipinski definition) is 6. The minimum absolute atomic E-state index is 0.0363. The van der Waals surface area contributed by atoms with Gasteiger partial charge in [-0.25, -0.2) is 0 Å². The second kappa shape index (κ2) is 5.31. The van der Waals surface area contributed by atoms with Gasteiger partial charge in [0.2, 0.25) is 4.77 Å². The molecular formula is C10H7N5O3S. The van der Waals surface area contributed by atoms with Crippen molar-refractivity contribution in [3.8, 4) is 0 Å². The van der Waals surface area contributed by atoms with Crippen LogP contribution in [0.5, 0.6) is 0 Å². The predicted molar refractivity (Wildman–Crippen MR) is 69.8 cm³/mol. The van der Waals surface area contributed by atoms with Crippen molar-refractivity contribution in [3.05, 3.63) is 61.3 Å². The van der Waals surface area contributed by atoms with E-state index < -0.39 is 10.5 Å². The Morgan fingerprint density at radius 1 is 1.53 bits per heavy atom. The Bertz CT molecular complexity index is 736. The lowest BCUT2D eigenvalue weighted by Crippen LogP contribution is -2.18. The highest BCUT2D eigenvalue weighted by molar-refractivity contribution is 7.71. The molecule has 0 bridgehead atoms. The molecule has 0 atom stereocenters. The van der Waals surface area contributed by atoms with Gasteiger partial charge in [-0.1, -0.05) is 12.1 Å². The Labute approximate surface area is 111 Å². The van der Waals surface area contributed by atoms with Gasteiger partial charge in [-0.15, -0.1) is 0 Å². The van der Waals surface area contributed by atoms with Crippen LogP contribution in [0.4, 0.5) is 5.69 Å². The monoisotopic (exact) mass is 277 g/mol. The van der Waals surface area contributed by atoms with Crippen molar-refractivity contribution in [1.29, 1.82) is 0 Å². The van der Waals surface area contributed by atoms with Crippen LogP contribution in [0.25, 0.3) is 0 Å². The quantitative estimate of drug-likeness (QED) is 0.391. The summed E-state index contributed by atoms with van der Waals surface area (Å²) in [6.45, 7) is 0. The van der Waals surface area contributed by atoms with E-state index in [4.69, 9.17) is 12.2 Å². The molecule has 0 fully saturated rings. The number of aromatic nitrogens is 3. The first-order chi connectivity index (χ1) is 9.08. The molecule has 9 heteroatoms. The molecular weight excluding hydrogens is 270 g/mol. The molecule has 1 aromatic carbocycles. The highest BCUT2D eigenvalue weighted by Gasteiger charge is 2.04. The third-order valence-electron chi connectivity index (χ3n) is 2.14. The van der Waals surface area contributed by atoms with E-state index in [9.17, 15) is 14.9 Å². The number of nitro benzene ring substituents is 1. The molecule has 2 aromatic rings. The molecule has 0 saturated carbocycles. The molecule has 96 valence electrons. The van der Waals surface area contributed by atoms with Gasteiger partial charge in [0.15, 0.2) is 0 Å². The molecule has 19 heavy (non-hydrogen) atoms. The van der Waals surface area contributed by atoms with Crippen molar-refractivity contribution in [2.24, 2.45) is 5.10 Å². The Hall–Kier alpha value is -2.68. The van der Waals surface area contributed by atoms with Crippen molar-refractivity contribution in [2.45, 2.75) is 0 Å². The maximum atomic E-state index is 11.4. The van der Waals surface area contributed by atoms with Gasteiger partial charge in [-0.05, 0) is 12.2 Å². The fourth-order valence-electron chi connectivity index (χ4n) is 1.30. The lowest BCUT2D eigenvalue weighted by molar-refractivity contribution is -0.384. The second-order valence-corrected chi connectivity index (χ2v) is 3.81. The number of aromatic amines is 1. The Kier molecular flexibility index (Phi) is 3.57. The van der Waals surface area contributed by atoms with Crippen LogP contribution in [0.3, 0.4) is 0 Å². The van der Waals surface area contributed by atoms with Gasteiger partial charge in [0.25, 0.3) is 11.2 Å². The van der Waals surface area contributed by atoms with E-state index in [-0.39, 0.29) is 10.5 Å². The van der Waals surface area contributed by atoms with Gasteiger partial charge in [0.05, 0.1) is 11.1 Å². The van der Waals surface area contributed by atoms with Crippen molar-refractivity contribution < 1.29 is 4.92 Å². The molecule has 1 heterocycles. The lowest BCUT2D eigenvalue weighted by Gasteiger charge is -1.96. The molecule has 0 spiro atoms. The molecule has 0 amide bonds. The minimum atomic E-state index is -0.512. The van der Waals surface area contributed by atoms with Crippen LogP contribution < -0.4 is 5.56 Å². The summed E-state index contributed by atoms with van der Waals surface area (Å²) in [4.78, 5) is 21.5. The number of H-pyrrole nitrogens is 1. The Morgan fingerprint density at radius 2 is 2.32 bits per heavy atom. The smallest absolute Gasteiger partial charge is 0.265 e. The molecule has 0 aliphatic heterocycles. The zero-order valence-corrected chi connectivity index (χ0v) is 10.2. The molecule has 0 radical (unpaired) electrons. The minimum Gasteiger partial charge on any atom is -0.265 e. The topological polar surface area (TPSA) is 106 Å². The number of nitrogens with one attached hydrogen (secondary N) is 1. The number of benzene rings is 1. The third-order valence-corrected chi connectivity index (χ3v) is 2.40. The zero-order valence-electron chi connectivity index (χ0n) is 9.39. The maximum absolute atomic E-state index is 11.4. The summed E-state index contributed by atoms with van der Waals surface area (Å²) >= 11 is 4.85. The molecule has 8 nitrogen and oxygen atoms in total. The fourth-order valence-corrected chi connectivity index (χ4v) is 1.49. The molecule has 1 aromatic heterocycles. The molecule has 0 aliphatic rings. The molecule has 1 N–H and O–H groups in total. The Morgan fingerprint density at radius 3 is 3.00 bits per heavy atom. The summed E-state index contributed by atoms with van der Waals surface area (Å²) < 4.78 is 0.968. The number of rotatable bonds is 3. The van der Waals surface area contributed by atoms with E-state index in [1.807, 2.05) is 0 Å². The average molecular weight is 277 g/mol. The summed E-state index contributed by atoms with van der Waals surface area (Å²) in [7, 11) is 0. The largest absolute Gasteiger partial charge is 0.293 e. The number of non-ortho nitro benzene ring substituents is 1. The van der Waals surface area contributed by atoms with Crippen molar-refractivity contribution in [3.63, 3.8) is 0 Å². The van der Waals surface area contributed by atoms with E-state index in [0.29, 0.717) is 5.56 Å². The zero-order chi connectivity index (χ0) is 13.8. The summed E-state index contributed by atoms with van der Waals surface area (Å²) in [5.74, 6) is 0. The fraction of sp³-hybridized carbons (Fsp3) is 0. The summed E-state index contributed by atoms with van der Waals surface area (Å²) in [6.07, 6.45) is 2.33. The van der Waals surface area contributed by atoms with Crippen LogP contribution in [0.15, 0.2) is 40.4 Å². The maximum Gasteiger partial charge on any atom is 0.293 e. The van der Waals surface area contributed by atoms with Crippen molar-refractivity contribution >= 4 is 24.1 Å². The van der Waals surface area contributed by atoms with Crippen LogP contribution in [0, 0.1) is 14.9 Å². The lowest BCUT2D eigenvalue weighted by atomic mass is 10.2. The highest BCUT2D eigenvalue weighted by Crippen LogP contribution is 2.11. The van der Waals surface area contributed by atoms with Crippen LogP contribution in [-0.2, 0) is 0 Å². The average Bonchev–Trinajstić information content (AvgIpc) is 2.38. The highest BCUT2D eigenvalue weighted by atomic mass is 32.1. The summed E-state index contributed by atoms with van der Waals surface area (Å²) in [5.41, 5.74) is -0.0751. The molecule has 2 rings (SSSR count). The van der Waals surface area contributed by atoms with Crippen LogP contribution in [0.1, 0.15) is 5.56 Å². The van der Waals surface area contributed by atoms with Crippen molar-refractivity contribution in [1.82, 2.24) is 14.9 Å². The van der Waals surface area contributed by atoms with Gasteiger partial charge in [-0.3, -0.25) is 20.0 Å². The van der Waals surface area contributed by atoms with Gasteiger partial charge < -0.3 is 0 Å². The first-order valence-electron chi connectivity index (χ1n) is 5.03. The standard InChI is InChI=1S/C10H7N5O3S/c16-9-6-11-13-10(19)14(9)12-5-7-2-1-3-8(4-7)15(17)18/h1-6H,(H,13,19)/b12-5-. The number of nitrogens with zero attached hydrogens (tertiary/aromatic N) is 4. The summed E-state index contributed by atoms with van der Waals surface area (Å²) in [6, 6.07) is 5.84. The van der Waals surface area contributed by atoms with E-state index in [1.54, 1.807) is 6.07 Å². The third kappa shape index (κ3) is 2.96. The second-order valence-electron chi connectivity index (χ2n) is 3.42. The SMILES string of the molecule is O=c1cn[nH]c(=S)n1/N=C\c1cccc([N+](=O)[O-])c1. The molecule has 0 unspecified atom stereocenters. The van der Waals surface area contributed by atoms with Crippen LogP contribution in [-0.4, -0.2) is 26.0 Å². The van der Waals surface area contributed by atoms with Gasteiger partial charge >= 0.3 is 0 Å². The first-order valence-corrected chi connectivity index (χ1v) is 5.44. The summed E-state index contributed by atoms with van der Waals surface area (Å²) in [5, 5.41) is 20.4. The number of nitro groups is 1. The molecule has 0 saturated heterocycles. The Balaban J connectivity index is 2.38. The van der Waals surface area contributed by atoms with Gasteiger partial charge in [-0.2, -0.15) is 14.9 Å². The molecule has 0 aliphatic carbocycles. The van der Waals surface area contributed by atoms with Gasteiger partial charge in [0, 0.05) is 17.7 Å². The van der Waals surface area contributed by atoms with E-state index in [0.717, 1.165) is 10.9 Å². The van der Waals surface area contributed by atoms with Gasteiger partial charge in [0.1, 0.15) is 6.20 Å².